The summed E-state index contributed by atoms with van der Waals surface area (Å²) in [6.45, 7) is 7.27. The molecule has 0 bridgehead atoms. The average Bonchev–Trinajstić information content (AvgIpc) is 2.73. The molecular weight excluding hydrogens is 463 g/mol. The lowest BCUT2D eigenvalue weighted by atomic mass is 9.73. The Bertz CT molecular complexity index is 821. The number of hydrogen-bond donors (Lipinski definition) is 3. The first-order valence-corrected chi connectivity index (χ1v) is 12.5. The molecule has 0 aromatic heterocycles. The fourth-order valence-corrected chi connectivity index (χ4v) is 4.96. The average molecular weight is 501 g/mol. The van der Waals surface area contributed by atoms with Crippen molar-refractivity contribution < 1.29 is 19.4 Å². The minimum absolute atomic E-state index is 0.0455. The number of hydrogen-bond acceptors (Lipinski definition) is 4. The lowest BCUT2D eigenvalue weighted by molar-refractivity contribution is -0.131. The van der Waals surface area contributed by atoms with Crippen LogP contribution in [-0.2, 0) is 16.0 Å². The van der Waals surface area contributed by atoms with Gasteiger partial charge in [-0.05, 0) is 50.8 Å². The summed E-state index contributed by atoms with van der Waals surface area (Å²) in [4.78, 5) is 25.5. The number of rotatable bonds is 8. The summed E-state index contributed by atoms with van der Waals surface area (Å²) in [6, 6.07) is 5.23. The van der Waals surface area contributed by atoms with Gasteiger partial charge in [-0.1, -0.05) is 68.3 Å². The van der Waals surface area contributed by atoms with E-state index in [9.17, 15) is 14.7 Å². The van der Waals surface area contributed by atoms with Gasteiger partial charge in [0, 0.05) is 25.3 Å². The minimum Gasteiger partial charge on any atom is -0.444 e. The van der Waals surface area contributed by atoms with Crippen molar-refractivity contribution in [1.29, 1.82) is 0 Å². The molecule has 1 aromatic carbocycles. The topological polar surface area (TPSA) is 87.7 Å². The van der Waals surface area contributed by atoms with Gasteiger partial charge < -0.3 is 15.2 Å². The molecule has 1 aromatic rings. The molecule has 2 amide bonds. The summed E-state index contributed by atoms with van der Waals surface area (Å²) in [5.41, 5.74) is -1.50. The Morgan fingerprint density at radius 1 is 1.15 bits per heavy atom. The van der Waals surface area contributed by atoms with E-state index in [-0.39, 0.29) is 24.2 Å². The van der Waals surface area contributed by atoms with Crippen molar-refractivity contribution in [2.45, 2.75) is 84.0 Å². The number of benzene rings is 1. The number of halogens is 2. The fraction of sp³-hybridized carbons (Fsp3) is 0.680. The number of amides is 2. The van der Waals surface area contributed by atoms with Crippen LogP contribution in [0.15, 0.2) is 18.2 Å². The van der Waals surface area contributed by atoms with E-state index < -0.39 is 23.3 Å². The van der Waals surface area contributed by atoms with Crippen molar-refractivity contribution in [3.05, 3.63) is 33.8 Å². The van der Waals surface area contributed by atoms with Gasteiger partial charge in [0.05, 0.1) is 10.0 Å². The normalized spacial score (nSPS) is 18.7. The monoisotopic (exact) mass is 500 g/mol. The third-order valence-corrected chi connectivity index (χ3v) is 7.21. The van der Waals surface area contributed by atoms with Crippen molar-refractivity contribution >= 4 is 35.2 Å². The smallest absolute Gasteiger partial charge is 0.409 e. The molecular formula is C25H38Cl2N2O4. The van der Waals surface area contributed by atoms with Crippen LogP contribution in [0.25, 0.3) is 0 Å². The zero-order valence-electron chi connectivity index (χ0n) is 20.3. The molecule has 1 aliphatic rings. The van der Waals surface area contributed by atoms with E-state index >= 15 is 0 Å². The maximum atomic E-state index is 12.8. The van der Waals surface area contributed by atoms with E-state index in [4.69, 9.17) is 27.9 Å². The van der Waals surface area contributed by atoms with Crippen LogP contribution in [0.4, 0.5) is 4.79 Å². The lowest BCUT2D eigenvalue weighted by Crippen LogP contribution is -2.58. The molecule has 0 radical (unpaired) electrons. The van der Waals surface area contributed by atoms with Crippen molar-refractivity contribution in [2.24, 2.45) is 17.8 Å². The van der Waals surface area contributed by atoms with Crippen LogP contribution in [0.2, 0.25) is 10.0 Å². The second kappa shape index (κ2) is 11.8. The van der Waals surface area contributed by atoms with Gasteiger partial charge in [-0.3, -0.25) is 10.1 Å². The molecule has 6 nitrogen and oxygen atoms in total. The molecule has 33 heavy (non-hydrogen) atoms. The van der Waals surface area contributed by atoms with Crippen LogP contribution >= 0.6 is 23.2 Å². The summed E-state index contributed by atoms with van der Waals surface area (Å²) in [7, 11) is 1.56. The molecule has 3 atom stereocenters. The highest BCUT2D eigenvalue weighted by atomic mass is 35.5. The van der Waals surface area contributed by atoms with Crippen molar-refractivity contribution in [1.82, 2.24) is 10.6 Å². The van der Waals surface area contributed by atoms with Gasteiger partial charge in [-0.15, -0.1) is 0 Å². The molecule has 8 heteroatoms. The summed E-state index contributed by atoms with van der Waals surface area (Å²) in [5.74, 6) is -0.833. The molecule has 186 valence electrons. The molecule has 0 saturated heterocycles. The number of aliphatic hydroxyl groups is 1. The van der Waals surface area contributed by atoms with Gasteiger partial charge in [-0.2, -0.15) is 0 Å². The Hall–Kier alpha value is -1.50. The highest BCUT2D eigenvalue weighted by molar-refractivity contribution is 6.42. The SMILES string of the molecule is CNC(=O)[C@H](Cc1ccc(Cl)c(Cl)c1)C[C@@](O)(NC(=O)OC(C)(C)C)[C@@H](C)C1CCCCC1. The predicted octanol–water partition coefficient (Wildman–Crippen LogP) is 5.72. The first-order valence-electron chi connectivity index (χ1n) is 11.7. The maximum absolute atomic E-state index is 12.8. The van der Waals surface area contributed by atoms with Crippen LogP contribution < -0.4 is 10.6 Å². The summed E-state index contributed by atoms with van der Waals surface area (Å²) in [6.07, 6.45) is 5.03. The van der Waals surface area contributed by atoms with Crippen LogP contribution in [0.3, 0.4) is 0 Å². The van der Waals surface area contributed by atoms with Gasteiger partial charge in [0.1, 0.15) is 11.3 Å². The first kappa shape index (κ1) is 27.7. The highest BCUT2D eigenvalue weighted by Gasteiger charge is 2.43. The van der Waals surface area contributed by atoms with Crippen LogP contribution in [0, 0.1) is 17.8 Å². The quantitative estimate of drug-likeness (QED) is 0.398. The van der Waals surface area contributed by atoms with E-state index in [0.29, 0.717) is 16.5 Å². The molecule has 0 unspecified atom stereocenters. The Morgan fingerprint density at radius 2 is 1.79 bits per heavy atom. The number of ether oxygens (including phenoxy) is 1. The Morgan fingerprint density at radius 3 is 2.33 bits per heavy atom. The van der Waals surface area contributed by atoms with Crippen molar-refractivity contribution in [3.63, 3.8) is 0 Å². The second-order valence-corrected chi connectivity index (χ2v) is 11.0. The number of alkyl carbamates (subject to hydrolysis) is 1. The fourth-order valence-electron chi connectivity index (χ4n) is 4.64. The van der Waals surface area contributed by atoms with Gasteiger partial charge >= 0.3 is 6.09 Å². The maximum Gasteiger partial charge on any atom is 0.409 e. The molecule has 0 spiro atoms. The zero-order chi connectivity index (χ0) is 24.8. The molecule has 1 saturated carbocycles. The Balaban J connectivity index is 2.33. The van der Waals surface area contributed by atoms with Gasteiger partial charge in [0.2, 0.25) is 5.91 Å². The predicted molar refractivity (Wildman–Crippen MR) is 132 cm³/mol. The minimum atomic E-state index is -1.61. The highest BCUT2D eigenvalue weighted by Crippen LogP contribution is 2.38. The van der Waals surface area contributed by atoms with Crippen LogP contribution in [0.1, 0.15) is 71.8 Å². The second-order valence-electron chi connectivity index (χ2n) is 10.2. The molecule has 2 rings (SSSR count). The van der Waals surface area contributed by atoms with Gasteiger partial charge in [0.15, 0.2) is 0 Å². The van der Waals surface area contributed by atoms with Crippen molar-refractivity contribution in [2.75, 3.05) is 7.05 Å². The van der Waals surface area contributed by atoms with E-state index in [0.717, 1.165) is 31.2 Å². The molecule has 3 N–H and O–H groups in total. The van der Waals surface area contributed by atoms with Gasteiger partial charge in [-0.25, -0.2) is 4.79 Å². The molecule has 0 heterocycles. The number of nitrogens with one attached hydrogen (secondary N) is 2. The third kappa shape index (κ3) is 8.34. The lowest BCUT2D eigenvalue weighted by Gasteiger charge is -2.42. The largest absolute Gasteiger partial charge is 0.444 e. The molecule has 1 aliphatic carbocycles. The molecule has 0 aliphatic heterocycles. The van der Waals surface area contributed by atoms with E-state index in [1.54, 1.807) is 40.0 Å². The van der Waals surface area contributed by atoms with E-state index in [1.165, 1.54) is 6.42 Å². The summed E-state index contributed by atoms with van der Waals surface area (Å²) in [5, 5.41) is 18.1. The van der Waals surface area contributed by atoms with E-state index in [1.807, 2.05) is 13.0 Å². The van der Waals surface area contributed by atoms with E-state index in [2.05, 4.69) is 10.6 Å². The third-order valence-electron chi connectivity index (χ3n) is 6.47. The zero-order valence-corrected chi connectivity index (χ0v) is 21.9. The van der Waals surface area contributed by atoms with Crippen molar-refractivity contribution in [3.8, 4) is 0 Å². The molecule has 1 fully saturated rings. The Labute approximate surface area is 207 Å². The summed E-state index contributed by atoms with van der Waals surface area (Å²) < 4.78 is 5.44. The number of carbonyl (C=O) groups excluding carboxylic acids is 2. The summed E-state index contributed by atoms with van der Waals surface area (Å²) >= 11 is 12.2. The Kier molecular flexibility index (Phi) is 9.89. The van der Waals surface area contributed by atoms with Crippen LogP contribution in [0.5, 0.6) is 0 Å². The standard InChI is InChI=1S/C25H38Cl2N2O4/c1-16(18-9-7-6-8-10-18)25(32,29-23(31)33-24(2,3)4)15-19(22(30)28-5)13-17-11-12-20(26)21(27)14-17/h11-12,14,16,18-19,32H,6-10,13,15H2,1-5H3,(H,28,30)(H,29,31)/t16-,19+,25-/m0/s1. The number of carbonyl (C=O) groups is 2. The van der Waals surface area contributed by atoms with Gasteiger partial charge in [0.25, 0.3) is 0 Å². The first-order chi connectivity index (χ1) is 15.3. The van der Waals surface area contributed by atoms with Crippen LogP contribution in [-0.4, -0.2) is 35.5 Å².